The van der Waals surface area contributed by atoms with E-state index in [2.05, 4.69) is 31.4 Å². The van der Waals surface area contributed by atoms with E-state index in [4.69, 9.17) is 9.47 Å². The second kappa shape index (κ2) is 11.5. The second-order valence-electron chi connectivity index (χ2n) is 8.88. The van der Waals surface area contributed by atoms with Crippen LogP contribution in [0.2, 0.25) is 0 Å². The maximum absolute atomic E-state index is 12.6. The maximum Gasteiger partial charge on any atom is 0.255 e. The summed E-state index contributed by atoms with van der Waals surface area (Å²) in [6.45, 7) is 9.99. The van der Waals surface area contributed by atoms with E-state index >= 15 is 0 Å². The Hall–Kier alpha value is -3.64. The number of ether oxygens (including phenoxy) is 2. The minimum Gasteiger partial charge on any atom is -0.491 e. The highest BCUT2D eigenvalue weighted by atomic mass is 16.5. The molecule has 0 saturated heterocycles. The molecule has 0 atom stereocenters. The van der Waals surface area contributed by atoms with Gasteiger partial charge in [0.15, 0.2) is 0 Å². The lowest BCUT2D eigenvalue weighted by atomic mass is 9.87. The van der Waals surface area contributed by atoms with Crippen molar-refractivity contribution in [2.45, 2.75) is 33.1 Å². The van der Waals surface area contributed by atoms with Crippen LogP contribution in [0.25, 0.3) is 0 Å². The molecule has 178 valence electrons. The van der Waals surface area contributed by atoms with Gasteiger partial charge in [0.2, 0.25) is 0 Å². The van der Waals surface area contributed by atoms with Gasteiger partial charge in [0.05, 0.1) is 6.61 Å². The van der Waals surface area contributed by atoms with E-state index < -0.39 is 0 Å². The highest BCUT2D eigenvalue weighted by Crippen LogP contribution is 2.23. The summed E-state index contributed by atoms with van der Waals surface area (Å²) in [6, 6.07) is 21.6. The van der Waals surface area contributed by atoms with Crippen molar-refractivity contribution >= 4 is 23.2 Å². The monoisotopic (exact) mass is 460 g/mol. The van der Waals surface area contributed by atoms with E-state index in [0.29, 0.717) is 48.1 Å². The summed E-state index contributed by atoms with van der Waals surface area (Å²) in [4.78, 5) is 25.1. The van der Waals surface area contributed by atoms with Gasteiger partial charge in [0.25, 0.3) is 11.8 Å². The van der Waals surface area contributed by atoms with Crippen LogP contribution >= 0.6 is 0 Å². The number of carbonyl (C=O) groups excluding carboxylic acids is 2. The van der Waals surface area contributed by atoms with E-state index in [9.17, 15) is 9.59 Å². The van der Waals surface area contributed by atoms with Crippen molar-refractivity contribution in [2.75, 3.05) is 30.5 Å². The fourth-order valence-corrected chi connectivity index (χ4v) is 3.23. The van der Waals surface area contributed by atoms with Gasteiger partial charge in [-0.1, -0.05) is 32.9 Å². The molecule has 0 aromatic heterocycles. The van der Waals surface area contributed by atoms with E-state index in [1.54, 1.807) is 48.5 Å². The van der Waals surface area contributed by atoms with Gasteiger partial charge in [0, 0.05) is 29.1 Å². The first-order chi connectivity index (χ1) is 16.3. The van der Waals surface area contributed by atoms with E-state index in [1.807, 2.05) is 31.2 Å². The Kier molecular flexibility index (Phi) is 8.44. The fourth-order valence-electron chi connectivity index (χ4n) is 3.23. The van der Waals surface area contributed by atoms with Gasteiger partial charge in [-0.2, -0.15) is 0 Å². The Bertz CT molecular complexity index is 1080. The Morgan fingerprint density at radius 1 is 0.706 bits per heavy atom. The summed E-state index contributed by atoms with van der Waals surface area (Å²) in [5.74, 6) is 0.279. The lowest BCUT2D eigenvalue weighted by Crippen LogP contribution is -2.14. The van der Waals surface area contributed by atoms with Crippen LogP contribution in [-0.4, -0.2) is 31.6 Å². The number of hydrogen-bond donors (Lipinski definition) is 2. The summed E-state index contributed by atoms with van der Waals surface area (Å²) in [7, 11) is 0. The molecule has 0 unspecified atom stereocenters. The molecule has 0 radical (unpaired) electrons. The molecule has 6 heteroatoms. The van der Waals surface area contributed by atoms with Crippen LogP contribution in [0.15, 0.2) is 72.8 Å². The molecule has 0 aliphatic heterocycles. The van der Waals surface area contributed by atoms with Gasteiger partial charge in [-0.05, 0) is 78.6 Å². The lowest BCUT2D eigenvalue weighted by Gasteiger charge is -2.19. The zero-order valence-corrected chi connectivity index (χ0v) is 20.2. The molecule has 2 N–H and O–H groups in total. The molecular weight excluding hydrogens is 428 g/mol. The number of hydrogen-bond acceptors (Lipinski definition) is 4. The first-order valence-electron chi connectivity index (χ1n) is 11.4. The average molecular weight is 461 g/mol. The Balaban J connectivity index is 1.53. The highest BCUT2D eigenvalue weighted by molar-refractivity contribution is 6.05. The Labute approximate surface area is 201 Å². The first kappa shape index (κ1) is 25.0. The number of benzene rings is 3. The van der Waals surface area contributed by atoms with Gasteiger partial charge >= 0.3 is 0 Å². The number of anilines is 2. The molecule has 3 aromatic rings. The molecule has 0 fully saturated rings. The van der Waals surface area contributed by atoms with Crippen molar-refractivity contribution in [3.8, 4) is 5.75 Å². The number of rotatable bonds is 9. The zero-order valence-electron chi connectivity index (χ0n) is 20.2. The van der Waals surface area contributed by atoms with E-state index in [-0.39, 0.29) is 17.2 Å². The van der Waals surface area contributed by atoms with E-state index in [0.717, 1.165) is 0 Å². The third-order valence-electron chi connectivity index (χ3n) is 5.23. The van der Waals surface area contributed by atoms with Crippen molar-refractivity contribution in [3.63, 3.8) is 0 Å². The van der Waals surface area contributed by atoms with Gasteiger partial charge in [-0.3, -0.25) is 9.59 Å². The standard InChI is InChI=1S/C28H32N2O4/c1-5-33-18-19-34-25-16-8-21(9-17-25)27(32)30-24-14-12-23(13-15-24)29-26(31)20-6-10-22(11-7-20)28(2,3)4/h6-17H,5,18-19H2,1-4H3,(H,29,31)(H,30,32). The van der Waals surface area contributed by atoms with Crippen LogP contribution < -0.4 is 15.4 Å². The quantitative estimate of drug-likeness (QED) is 0.390. The van der Waals surface area contributed by atoms with Gasteiger partial charge in [-0.15, -0.1) is 0 Å². The number of nitrogens with one attached hydrogen (secondary N) is 2. The lowest BCUT2D eigenvalue weighted by molar-refractivity contribution is 0.101. The summed E-state index contributed by atoms with van der Waals surface area (Å²) in [5.41, 5.74) is 3.61. The van der Waals surface area contributed by atoms with Crippen LogP contribution in [0, 0.1) is 0 Å². The molecule has 0 spiro atoms. The summed E-state index contributed by atoms with van der Waals surface area (Å²) < 4.78 is 10.8. The fraction of sp³-hybridized carbons (Fsp3) is 0.286. The van der Waals surface area contributed by atoms with Crippen LogP contribution in [0.3, 0.4) is 0 Å². The third kappa shape index (κ3) is 7.18. The number of carbonyl (C=O) groups is 2. The first-order valence-corrected chi connectivity index (χ1v) is 11.4. The normalized spacial score (nSPS) is 11.1. The van der Waals surface area contributed by atoms with Crippen LogP contribution in [0.5, 0.6) is 5.75 Å². The molecule has 0 bridgehead atoms. The summed E-state index contributed by atoms with van der Waals surface area (Å²) in [6.07, 6.45) is 0. The molecule has 0 aliphatic rings. The molecule has 0 heterocycles. The number of amides is 2. The minimum atomic E-state index is -0.225. The minimum absolute atomic E-state index is 0.0365. The average Bonchev–Trinajstić information content (AvgIpc) is 2.83. The van der Waals surface area contributed by atoms with Crippen LogP contribution in [-0.2, 0) is 10.2 Å². The Morgan fingerprint density at radius 3 is 1.62 bits per heavy atom. The van der Waals surface area contributed by atoms with Crippen molar-refractivity contribution in [1.29, 1.82) is 0 Å². The van der Waals surface area contributed by atoms with Crippen molar-refractivity contribution < 1.29 is 19.1 Å². The zero-order chi connectivity index (χ0) is 24.6. The highest BCUT2D eigenvalue weighted by Gasteiger charge is 2.14. The largest absolute Gasteiger partial charge is 0.491 e. The maximum atomic E-state index is 12.6. The predicted molar refractivity (Wildman–Crippen MR) is 136 cm³/mol. The van der Waals surface area contributed by atoms with Crippen molar-refractivity contribution in [3.05, 3.63) is 89.5 Å². The van der Waals surface area contributed by atoms with Crippen LogP contribution in [0.1, 0.15) is 54.0 Å². The van der Waals surface area contributed by atoms with Crippen molar-refractivity contribution in [2.24, 2.45) is 0 Å². The SMILES string of the molecule is CCOCCOc1ccc(C(=O)Nc2ccc(NC(=O)c3ccc(C(C)(C)C)cc3)cc2)cc1. The van der Waals surface area contributed by atoms with Gasteiger partial charge in [-0.25, -0.2) is 0 Å². The molecule has 0 aliphatic carbocycles. The molecule has 2 amide bonds. The third-order valence-corrected chi connectivity index (χ3v) is 5.23. The molecule has 6 nitrogen and oxygen atoms in total. The van der Waals surface area contributed by atoms with Gasteiger partial charge < -0.3 is 20.1 Å². The molecule has 0 saturated carbocycles. The second-order valence-corrected chi connectivity index (χ2v) is 8.88. The topological polar surface area (TPSA) is 76.7 Å². The Morgan fingerprint density at radius 2 is 1.18 bits per heavy atom. The summed E-state index contributed by atoms with van der Waals surface area (Å²) >= 11 is 0. The summed E-state index contributed by atoms with van der Waals surface area (Å²) in [5, 5.41) is 5.74. The predicted octanol–water partition coefficient (Wildman–Crippen LogP) is 5.90. The molecule has 34 heavy (non-hydrogen) atoms. The van der Waals surface area contributed by atoms with Crippen molar-refractivity contribution in [1.82, 2.24) is 0 Å². The van der Waals surface area contributed by atoms with E-state index in [1.165, 1.54) is 5.56 Å². The smallest absolute Gasteiger partial charge is 0.255 e. The molecule has 3 rings (SSSR count). The molecule has 3 aromatic carbocycles. The van der Waals surface area contributed by atoms with Gasteiger partial charge in [0.1, 0.15) is 12.4 Å². The van der Waals surface area contributed by atoms with Crippen LogP contribution in [0.4, 0.5) is 11.4 Å². The molecular formula is C28H32N2O4.